The summed E-state index contributed by atoms with van der Waals surface area (Å²) in [6.07, 6.45) is 6.47. The molecule has 150 valence electrons. The van der Waals surface area contributed by atoms with Gasteiger partial charge in [0, 0.05) is 13.0 Å². The lowest BCUT2D eigenvalue weighted by atomic mass is 9.99. The number of imidazole rings is 1. The first-order valence-corrected chi connectivity index (χ1v) is 10.0. The molecule has 2 aliphatic rings. The van der Waals surface area contributed by atoms with Crippen LogP contribution in [0.5, 0.6) is 0 Å². The highest BCUT2D eigenvalue weighted by Crippen LogP contribution is 2.62. The third-order valence-corrected chi connectivity index (χ3v) is 6.26. The van der Waals surface area contributed by atoms with Crippen LogP contribution in [-0.2, 0) is 13.6 Å². The van der Waals surface area contributed by atoms with Gasteiger partial charge in [-0.2, -0.15) is 4.98 Å². The molecule has 0 saturated heterocycles. The van der Waals surface area contributed by atoms with Gasteiger partial charge in [-0.3, -0.25) is 9.36 Å². The molecule has 0 radical (unpaired) electrons. The van der Waals surface area contributed by atoms with Crippen molar-refractivity contribution in [2.45, 2.75) is 25.8 Å². The molecular weight excluding hydrogens is 380 g/mol. The Labute approximate surface area is 171 Å². The van der Waals surface area contributed by atoms with Gasteiger partial charge in [0.15, 0.2) is 17.0 Å². The second kappa shape index (κ2) is 6.22. The Bertz CT molecular complexity index is 1380. The Morgan fingerprint density at radius 2 is 2.10 bits per heavy atom. The van der Waals surface area contributed by atoms with Crippen molar-refractivity contribution in [2.75, 3.05) is 0 Å². The van der Waals surface area contributed by atoms with Crippen LogP contribution in [-0.4, -0.2) is 29.2 Å². The summed E-state index contributed by atoms with van der Waals surface area (Å²) >= 11 is 0. The SMILES string of the molecule is Cc1cccc(C2=C[C@H]3[C@@H](C2)[C@@H]3c2noc(Cn3cnc4ncn(C)c4c3=O)n2)c1. The van der Waals surface area contributed by atoms with E-state index in [1.54, 1.807) is 17.9 Å². The van der Waals surface area contributed by atoms with Crippen LogP contribution in [0.1, 0.15) is 35.2 Å². The van der Waals surface area contributed by atoms with E-state index in [1.165, 1.54) is 27.6 Å². The van der Waals surface area contributed by atoms with Crippen LogP contribution in [0, 0.1) is 18.8 Å². The Morgan fingerprint density at radius 1 is 1.23 bits per heavy atom. The first-order chi connectivity index (χ1) is 14.6. The van der Waals surface area contributed by atoms with Gasteiger partial charge in [0.1, 0.15) is 12.9 Å². The van der Waals surface area contributed by atoms with Crippen molar-refractivity contribution in [1.82, 2.24) is 29.2 Å². The van der Waals surface area contributed by atoms with Gasteiger partial charge in [-0.25, -0.2) is 9.97 Å². The lowest BCUT2D eigenvalue weighted by molar-refractivity contribution is 0.364. The summed E-state index contributed by atoms with van der Waals surface area (Å²) in [6.45, 7) is 2.32. The summed E-state index contributed by atoms with van der Waals surface area (Å²) < 4.78 is 8.60. The van der Waals surface area contributed by atoms with Gasteiger partial charge in [-0.05, 0) is 36.3 Å². The van der Waals surface area contributed by atoms with Gasteiger partial charge in [0.2, 0.25) is 5.89 Å². The van der Waals surface area contributed by atoms with Crippen LogP contribution in [0.3, 0.4) is 0 Å². The summed E-state index contributed by atoms with van der Waals surface area (Å²) in [7, 11) is 1.78. The van der Waals surface area contributed by atoms with E-state index in [-0.39, 0.29) is 12.1 Å². The van der Waals surface area contributed by atoms with Crippen LogP contribution in [0.25, 0.3) is 16.7 Å². The minimum Gasteiger partial charge on any atom is -0.337 e. The summed E-state index contributed by atoms with van der Waals surface area (Å²) in [5.41, 5.74) is 4.73. The van der Waals surface area contributed by atoms with Gasteiger partial charge >= 0.3 is 0 Å². The Kier molecular flexibility index (Phi) is 3.59. The van der Waals surface area contributed by atoms with Crippen molar-refractivity contribution in [3.8, 4) is 0 Å². The van der Waals surface area contributed by atoms with Crippen molar-refractivity contribution in [3.05, 3.63) is 76.2 Å². The molecule has 0 amide bonds. The molecular formula is C22H20N6O2. The highest BCUT2D eigenvalue weighted by atomic mass is 16.5. The van der Waals surface area contributed by atoms with Crippen molar-refractivity contribution in [2.24, 2.45) is 18.9 Å². The second-order valence-corrected chi connectivity index (χ2v) is 8.28. The maximum absolute atomic E-state index is 12.7. The average Bonchev–Trinajstić information content (AvgIpc) is 3.16. The Hall–Kier alpha value is -3.55. The smallest absolute Gasteiger partial charge is 0.280 e. The van der Waals surface area contributed by atoms with Gasteiger partial charge < -0.3 is 9.09 Å². The van der Waals surface area contributed by atoms with Crippen LogP contribution >= 0.6 is 0 Å². The fourth-order valence-corrected chi connectivity index (χ4v) is 4.67. The van der Waals surface area contributed by atoms with Crippen LogP contribution in [0.2, 0.25) is 0 Å². The molecule has 1 aromatic carbocycles. The summed E-state index contributed by atoms with van der Waals surface area (Å²) in [5.74, 6) is 2.48. The largest absolute Gasteiger partial charge is 0.337 e. The summed E-state index contributed by atoms with van der Waals surface area (Å²) in [5, 5.41) is 4.20. The number of aryl methyl sites for hydroxylation is 2. The fraction of sp³-hybridized carbons (Fsp3) is 0.318. The zero-order valence-corrected chi connectivity index (χ0v) is 16.7. The first kappa shape index (κ1) is 17.3. The third kappa shape index (κ3) is 2.63. The van der Waals surface area contributed by atoms with E-state index in [1.807, 2.05) is 0 Å². The van der Waals surface area contributed by atoms with Crippen molar-refractivity contribution < 1.29 is 4.52 Å². The molecule has 6 rings (SSSR count). The molecule has 1 saturated carbocycles. The normalized spacial score (nSPS) is 22.3. The molecule has 8 heteroatoms. The number of hydrogen-bond acceptors (Lipinski definition) is 6. The molecule has 8 nitrogen and oxygen atoms in total. The van der Waals surface area contributed by atoms with E-state index in [2.05, 4.69) is 57.4 Å². The minimum atomic E-state index is -0.172. The maximum Gasteiger partial charge on any atom is 0.280 e. The molecule has 0 bridgehead atoms. The molecule has 3 heterocycles. The van der Waals surface area contributed by atoms with Crippen molar-refractivity contribution in [3.63, 3.8) is 0 Å². The first-order valence-electron chi connectivity index (χ1n) is 10.0. The number of aromatic nitrogens is 6. The van der Waals surface area contributed by atoms with Gasteiger partial charge in [0.05, 0.1) is 6.33 Å². The van der Waals surface area contributed by atoms with E-state index < -0.39 is 0 Å². The minimum absolute atomic E-state index is 0.172. The van der Waals surface area contributed by atoms with Crippen molar-refractivity contribution >= 4 is 16.7 Å². The van der Waals surface area contributed by atoms with Crippen LogP contribution in [0.15, 0.2) is 52.3 Å². The number of benzene rings is 1. The number of rotatable bonds is 4. The zero-order valence-electron chi connectivity index (χ0n) is 16.7. The van der Waals surface area contributed by atoms with E-state index in [0.29, 0.717) is 34.8 Å². The van der Waals surface area contributed by atoms with E-state index >= 15 is 0 Å². The zero-order chi connectivity index (χ0) is 20.4. The lowest BCUT2D eigenvalue weighted by Gasteiger charge is -2.06. The molecule has 1 fully saturated rings. The standard InChI is InChI=1S/C22H20N6O2/c1-12-4-3-5-13(6-12)14-7-15-16(8-14)18(15)20-25-17(30-26-20)9-28-11-24-21-19(22(28)29)27(2)10-23-21/h3-7,10-11,15-16,18H,8-9H2,1-2H3/t15-,16+,18+/m0/s1. The molecule has 0 spiro atoms. The van der Waals surface area contributed by atoms with E-state index in [0.717, 1.165) is 12.2 Å². The monoisotopic (exact) mass is 400 g/mol. The molecule has 0 unspecified atom stereocenters. The van der Waals surface area contributed by atoms with Crippen LogP contribution < -0.4 is 5.56 Å². The number of nitrogens with zero attached hydrogens (tertiary/aromatic N) is 6. The van der Waals surface area contributed by atoms with Gasteiger partial charge in [0.25, 0.3) is 5.56 Å². The van der Waals surface area contributed by atoms with Gasteiger partial charge in [-0.1, -0.05) is 41.1 Å². The number of hydrogen-bond donors (Lipinski definition) is 0. The van der Waals surface area contributed by atoms with Crippen LogP contribution in [0.4, 0.5) is 0 Å². The Balaban J connectivity index is 1.21. The predicted molar refractivity (Wildman–Crippen MR) is 110 cm³/mol. The topological polar surface area (TPSA) is 91.6 Å². The molecule has 30 heavy (non-hydrogen) atoms. The Morgan fingerprint density at radius 3 is 2.90 bits per heavy atom. The van der Waals surface area contributed by atoms with Gasteiger partial charge in [-0.15, -0.1) is 0 Å². The average molecular weight is 400 g/mol. The summed E-state index contributed by atoms with van der Waals surface area (Å²) in [6, 6.07) is 8.65. The quantitative estimate of drug-likeness (QED) is 0.523. The molecule has 2 aliphatic carbocycles. The molecule has 4 aromatic rings. The van der Waals surface area contributed by atoms with E-state index in [4.69, 9.17) is 4.52 Å². The molecule has 0 aliphatic heterocycles. The number of allylic oxidation sites excluding steroid dienone is 2. The third-order valence-electron chi connectivity index (χ3n) is 6.26. The predicted octanol–water partition coefficient (Wildman–Crippen LogP) is 2.69. The number of fused-ring (bicyclic) bond motifs is 2. The van der Waals surface area contributed by atoms with E-state index in [9.17, 15) is 4.79 Å². The maximum atomic E-state index is 12.7. The molecule has 3 atom stereocenters. The second-order valence-electron chi connectivity index (χ2n) is 8.28. The van der Waals surface area contributed by atoms with Crippen molar-refractivity contribution in [1.29, 1.82) is 0 Å². The molecule has 0 N–H and O–H groups in total. The fourth-order valence-electron chi connectivity index (χ4n) is 4.67. The lowest BCUT2D eigenvalue weighted by Crippen LogP contribution is -2.22. The highest BCUT2D eigenvalue weighted by Gasteiger charge is 2.55. The highest BCUT2D eigenvalue weighted by molar-refractivity contribution is 5.71. The summed E-state index contributed by atoms with van der Waals surface area (Å²) in [4.78, 5) is 25.6. The molecule has 3 aromatic heterocycles.